The number of aliphatic hydroxyl groups is 2. The van der Waals surface area contributed by atoms with Gasteiger partial charge in [0, 0.05) is 12.0 Å². The molecule has 1 rings (SSSR count). The van der Waals surface area contributed by atoms with E-state index in [-0.39, 0.29) is 13.2 Å². The van der Waals surface area contributed by atoms with Crippen molar-refractivity contribution in [3.05, 3.63) is 11.4 Å². The molecule has 6 heteroatoms. The lowest BCUT2D eigenvalue weighted by atomic mass is 10.1. The van der Waals surface area contributed by atoms with Crippen LogP contribution in [0.1, 0.15) is 31.7 Å². The lowest BCUT2D eigenvalue weighted by molar-refractivity contribution is 0.147. The van der Waals surface area contributed by atoms with E-state index in [1.165, 1.54) is 0 Å². The molecule has 5 N–H and O–H groups in total. The molecule has 0 radical (unpaired) electrons. The van der Waals surface area contributed by atoms with Crippen LogP contribution < -0.4 is 11.1 Å². The molecular weight excluding hydrogens is 232 g/mol. The number of nitrogens with one attached hydrogen (secondary N) is 1. The van der Waals surface area contributed by atoms with Crippen molar-refractivity contribution in [2.24, 2.45) is 0 Å². The molecule has 0 amide bonds. The van der Waals surface area contributed by atoms with Gasteiger partial charge in [0.1, 0.15) is 17.5 Å². The second-order valence-corrected chi connectivity index (χ2v) is 4.75. The molecule has 0 aromatic carbocycles. The van der Waals surface area contributed by atoms with Crippen LogP contribution in [0, 0.1) is 6.92 Å². The molecule has 0 aliphatic heterocycles. The fraction of sp³-hybridized carbons (Fsp3) is 0.667. The van der Waals surface area contributed by atoms with Crippen LogP contribution in [0.2, 0.25) is 0 Å². The number of aryl methyl sites for hydroxylation is 1. The van der Waals surface area contributed by atoms with Crippen LogP contribution in [-0.2, 0) is 6.42 Å². The minimum Gasteiger partial charge on any atom is -0.394 e. The summed E-state index contributed by atoms with van der Waals surface area (Å²) in [6.07, 6.45) is 1.67. The van der Waals surface area contributed by atoms with E-state index in [1.807, 2.05) is 13.8 Å². The van der Waals surface area contributed by atoms with Crippen LogP contribution in [0.15, 0.2) is 0 Å². The van der Waals surface area contributed by atoms with Gasteiger partial charge < -0.3 is 21.3 Å². The second-order valence-electron chi connectivity index (χ2n) is 4.75. The Labute approximate surface area is 107 Å². The summed E-state index contributed by atoms with van der Waals surface area (Å²) in [4.78, 5) is 8.59. The van der Waals surface area contributed by atoms with Gasteiger partial charge in [-0.25, -0.2) is 9.97 Å². The van der Waals surface area contributed by atoms with E-state index in [0.29, 0.717) is 17.5 Å². The molecule has 102 valence electrons. The molecule has 0 aliphatic rings. The van der Waals surface area contributed by atoms with Crippen LogP contribution in [0.3, 0.4) is 0 Å². The Kier molecular flexibility index (Phi) is 4.86. The van der Waals surface area contributed by atoms with Crippen molar-refractivity contribution >= 4 is 11.6 Å². The first-order chi connectivity index (χ1) is 8.45. The average molecular weight is 254 g/mol. The highest BCUT2D eigenvalue weighted by molar-refractivity contribution is 5.56. The van der Waals surface area contributed by atoms with E-state index in [9.17, 15) is 10.2 Å². The van der Waals surface area contributed by atoms with Gasteiger partial charge in [0.2, 0.25) is 0 Å². The van der Waals surface area contributed by atoms with Crippen molar-refractivity contribution in [3.63, 3.8) is 0 Å². The zero-order valence-corrected chi connectivity index (χ0v) is 11.2. The monoisotopic (exact) mass is 254 g/mol. The minimum absolute atomic E-state index is 0.198. The Morgan fingerprint density at radius 3 is 2.39 bits per heavy atom. The first kappa shape index (κ1) is 14.7. The summed E-state index contributed by atoms with van der Waals surface area (Å²) in [5.74, 6) is 1.66. The number of anilines is 2. The molecule has 1 aromatic rings. The molecule has 0 saturated carbocycles. The number of nitrogens with zero attached hydrogens (tertiary/aromatic N) is 2. The van der Waals surface area contributed by atoms with E-state index in [1.54, 1.807) is 6.92 Å². The van der Waals surface area contributed by atoms with Gasteiger partial charge >= 0.3 is 0 Å². The minimum atomic E-state index is -0.824. The molecule has 0 atom stereocenters. The molecule has 0 saturated heterocycles. The van der Waals surface area contributed by atoms with Crippen molar-refractivity contribution in [1.82, 2.24) is 9.97 Å². The van der Waals surface area contributed by atoms with Crippen molar-refractivity contribution < 1.29 is 10.2 Å². The molecular formula is C12H22N4O2. The van der Waals surface area contributed by atoms with Gasteiger partial charge in [0.05, 0.1) is 18.8 Å². The van der Waals surface area contributed by atoms with E-state index in [0.717, 1.165) is 18.4 Å². The highest BCUT2D eigenvalue weighted by Gasteiger charge is 2.24. The van der Waals surface area contributed by atoms with Gasteiger partial charge in [-0.2, -0.15) is 0 Å². The summed E-state index contributed by atoms with van der Waals surface area (Å²) in [5.41, 5.74) is 5.74. The molecule has 0 fully saturated rings. The Bertz CT molecular complexity index is 405. The summed E-state index contributed by atoms with van der Waals surface area (Å²) in [5, 5.41) is 21.6. The Balaban J connectivity index is 3.07. The van der Waals surface area contributed by atoms with Crippen molar-refractivity contribution in [2.45, 2.75) is 39.2 Å². The van der Waals surface area contributed by atoms with Gasteiger partial charge in [-0.05, 0) is 20.3 Å². The Hall–Kier alpha value is -1.40. The highest BCUT2D eigenvalue weighted by Crippen LogP contribution is 2.21. The van der Waals surface area contributed by atoms with Crippen LogP contribution in [0.5, 0.6) is 0 Å². The third-order valence-electron chi connectivity index (χ3n) is 2.82. The number of nitrogens with two attached hydrogens (primary N) is 1. The molecule has 0 spiro atoms. The number of nitrogen functional groups attached to an aromatic ring is 1. The lowest BCUT2D eigenvalue weighted by Gasteiger charge is -2.28. The van der Waals surface area contributed by atoms with Crippen LogP contribution in [0.25, 0.3) is 0 Å². The van der Waals surface area contributed by atoms with Gasteiger partial charge in [0.25, 0.3) is 0 Å². The number of hydrogen-bond donors (Lipinski definition) is 4. The predicted molar refractivity (Wildman–Crippen MR) is 71.4 cm³/mol. The average Bonchev–Trinajstić information content (AvgIpc) is 2.35. The quantitative estimate of drug-likeness (QED) is 0.588. The maximum absolute atomic E-state index is 9.28. The van der Waals surface area contributed by atoms with Crippen LogP contribution in [0.4, 0.5) is 11.6 Å². The van der Waals surface area contributed by atoms with Gasteiger partial charge in [-0.15, -0.1) is 0 Å². The lowest BCUT2D eigenvalue weighted by Crippen LogP contribution is -2.43. The fourth-order valence-electron chi connectivity index (χ4n) is 1.45. The first-order valence-electron chi connectivity index (χ1n) is 6.08. The van der Waals surface area contributed by atoms with E-state index < -0.39 is 5.54 Å². The molecule has 18 heavy (non-hydrogen) atoms. The molecule has 6 nitrogen and oxygen atoms in total. The SMILES string of the molecule is CCCc1nc(N)c(C)c(NC(C)(CO)CO)n1. The Morgan fingerprint density at radius 2 is 1.89 bits per heavy atom. The zero-order chi connectivity index (χ0) is 13.8. The standard InChI is InChI=1S/C12H22N4O2/c1-4-5-9-14-10(13)8(2)11(15-9)16-12(3,6-17)7-18/h17-18H,4-7H2,1-3H3,(H3,13,14,15,16). The third-order valence-corrected chi connectivity index (χ3v) is 2.82. The number of rotatable bonds is 6. The maximum atomic E-state index is 9.28. The van der Waals surface area contributed by atoms with Gasteiger partial charge in [-0.3, -0.25) is 0 Å². The Morgan fingerprint density at radius 1 is 1.28 bits per heavy atom. The summed E-state index contributed by atoms with van der Waals surface area (Å²) < 4.78 is 0. The van der Waals surface area contributed by atoms with Crippen LogP contribution in [-0.4, -0.2) is 38.9 Å². The largest absolute Gasteiger partial charge is 0.394 e. The van der Waals surface area contributed by atoms with Crippen molar-refractivity contribution in [1.29, 1.82) is 0 Å². The van der Waals surface area contributed by atoms with Gasteiger partial charge in [-0.1, -0.05) is 6.92 Å². The van der Waals surface area contributed by atoms with E-state index in [4.69, 9.17) is 5.73 Å². The number of aromatic nitrogens is 2. The maximum Gasteiger partial charge on any atom is 0.135 e. The van der Waals surface area contributed by atoms with E-state index in [2.05, 4.69) is 15.3 Å². The predicted octanol–water partition coefficient (Wildman–Crippen LogP) is 0.475. The third kappa shape index (κ3) is 3.30. The summed E-state index contributed by atoms with van der Waals surface area (Å²) in [6.45, 7) is 5.16. The molecule has 0 aliphatic carbocycles. The smallest absolute Gasteiger partial charge is 0.135 e. The normalized spacial score (nSPS) is 11.6. The van der Waals surface area contributed by atoms with Crippen molar-refractivity contribution in [3.8, 4) is 0 Å². The topological polar surface area (TPSA) is 104 Å². The number of hydrogen-bond acceptors (Lipinski definition) is 6. The zero-order valence-electron chi connectivity index (χ0n) is 11.2. The molecule has 0 bridgehead atoms. The second kappa shape index (κ2) is 5.97. The summed E-state index contributed by atoms with van der Waals surface area (Å²) in [6, 6.07) is 0. The molecule has 1 heterocycles. The molecule has 0 unspecified atom stereocenters. The number of aliphatic hydroxyl groups excluding tert-OH is 2. The molecule has 1 aromatic heterocycles. The highest BCUT2D eigenvalue weighted by atomic mass is 16.3. The van der Waals surface area contributed by atoms with E-state index >= 15 is 0 Å². The first-order valence-corrected chi connectivity index (χ1v) is 6.08. The summed E-state index contributed by atoms with van der Waals surface area (Å²) >= 11 is 0. The van der Waals surface area contributed by atoms with Crippen LogP contribution >= 0.6 is 0 Å². The summed E-state index contributed by atoms with van der Waals surface area (Å²) in [7, 11) is 0. The fourth-order valence-corrected chi connectivity index (χ4v) is 1.45. The van der Waals surface area contributed by atoms with Gasteiger partial charge in [0.15, 0.2) is 0 Å². The van der Waals surface area contributed by atoms with Crippen molar-refractivity contribution in [2.75, 3.05) is 24.3 Å².